The van der Waals surface area contributed by atoms with E-state index in [4.69, 9.17) is 11.6 Å². The molecule has 0 aromatic heterocycles. The van der Waals surface area contributed by atoms with Crippen LogP contribution in [0.2, 0.25) is 0 Å². The van der Waals surface area contributed by atoms with Crippen LogP contribution in [-0.2, 0) is 6.42 Å². The Morgan fingerprint density at radius 3 is 2.79 bits per heavy atom. The van der Waals surface area contributed by atoms with E-state index in [1.807, 2.05) is 0 Å². The monoisotopic (exact) mass is 277 g/mol. The molecule has 2 aliphatic rings. The lowest BCUT2D eigenvalue weighted by Gasteiger charge is -2.36. The number of fused-ring (bicyclic) bond motifs is 1. The molecule has 0 saturated heterocycles. The van der Waals surface area contributed by atoms with Gasteiger partial charge in [0.05, 0.1) is 0 Å². The van der Waals surface area contributed by atoms with Gasteiger partial charge in [-0.2, -0.15) is 0 Å². The quantitative estimate of drug-likeness (QED) is 0.751. The van der Waals surface area contributed by atoms with Gasteiger partial charge in [-0.15, -0.1) is 11.6 Å². The van der Waals surface area contributed by atoms with Crippen LogP contribution in [0.5, 0.6) is 0 Å². The highest BCUT2D eigenvalue weighted by Gasteiger charge is 2.29. The molecule has 2 heteroatoms. The van der Waals surface area contributed by atoms with Crippen LogP contribution in [0.1, 0.15) is 42.7 Å². The highest BCUT2D eigenvalue weighted by atomic mass is 35.5. The summed E-state index contributed by atoms with van der Waals surface area (Å²) in [6.07, 6.45) is 6.40. The molecular weight excluding hydrogens is 254 g/mol. The largest absolute Gasteiger partial charge is 0.305 e. The minimum atomic E-state index is 0.453. The molecule has 1 fully saturated rings. The van der Waals surface area contributed by atoms with Crippen molar-refractivity contribution < 1.29 is 0 Å². The van der Waals surface area contributed by atoms with Gasteiger partial charge in [0.25, 0.3) is 0 Å². The van der Waals surface area contributed by atoms with E-state index in [0.29, 0.717) is 5.38 Å². The van der Waals surface area contributed by atoms with E-state index >= 15 is 0 Å². The number of benzene rings is 1. The molecular formula is C17H24ClN. The van der Waals surface area contributed by atoms with Crippen molar-refractivity contribution in [2.45, 2.75) is 43.4 Å². The predicted molar refractivity (Wildman–Crippen MR) is 82.0 cm³/mol. The average molecular weight is 278 g/mol. The smallest absolute Gasteiger partial charge is 0.0342 e. The Morgan fingerprint density at radius 2 is 2.00 bits per heavy atom. The van der Waals surface area contributed by atoms with Crippen LogP contribution in [0.25, 0.3) is 0 Å². The van der Waals surface area contributed by atoms with Gasteiger partial charge in [-0.3, -0.25) is 0 Å². The average Bonchev–Trinajstić information content (AvgIpc) is 2.37. The highest BCUT2D eigenvalue weighted by Crippen LogP contribution is 2.34. The van der Waals surface area contributed by atoms with Gasteiger partial charge < -0.3 is 4.90 Å². The van der Waals surface area contributed by atoms with E-state index in [-0.39, 0.29) is 0 Å². The molecule has 1 aromatic carbocycles. The summed E-state index contributed by atoms with van der Waals surface area (Å²) in [6.45, 7) is 2.43. The maximum absolute atomic E-state index is 6.07. The van der Waals surface area contributed by atoms with E-state index < -0.39 is 0 Å². The van der Waals surface area contributed by atoms with Gasteiger partial charge in [-0.1, -0.05) is 24.3 Å². The summed E-state index contributed by atoms with van der Waals surface area (Å²) in [5, 5.41) is 0.453. The van der Waals surface area contributed by atoms with Crippen molar-refractivity contribution in [2.24, 2.45) is 5.92 Å². The Kier molecular flexibility index (Phi) is 4.14. The van der Waals surface area contributed by atoms with E-state index in [1.165, 1.54) is 45.2 Å². The third-order valence-electron chi connectivity index (χ3n) is 4.77. The fraction of sp³-hybridized carbons (Fsp3) is 0.647. The maximum atomic E-state index is 6.07. The van der Waals surface area contributed by atoms with Gasteiger partial charge in [-0.25, -0.2) is 0 Å². The number of hydrogen-bond donors (Lipinski definition) is 0. The molecule has 0 aliphatic heterocycles. The fourth-order valence-electron chi connectivity index (χ4n) is 3.74. The standard InChI is InChI=1S/C17H24ClN/c1-19(11-13-9-16(18)10-13)12-15-7-4-6-14-5-2-3-8-17(14)15/h2-3,5,8,13,15-16H,4,6-7,9-12H2,1H3. The van der Waals surface area contributed by atoms with Crippen molar-refractivity contribution in [1.29, 1.82) is 0 Å². The minimum absolute atomic E-state index is 0.453. The maximum Gasteiger partial charge on any atom is 0.0342 e. The molecule has 19 heavy (non-hydrogen) atoms. The third-order valence-corrected chi connectivity index (χ3v) is 5.13. The highest BCUT2D eigenvalue weighted by molar-refractivity contribution is 6.21. The number of halogens is 1. The Morgan fingerprint density at radius 1 is 1.21 bits per heavy atom. The molecule has 1 nitrogen and oxygen atoms in total. The van der Waals surface area contributed by atoms with Gasteiger partial charge in [0.1, 0.15) is 0 Å². The number of likely N-dealkylation sites (N-methyl/N-ethyl adjacent to an activating group) is 1. The number of rotatable bonds is 4. The van der Waals surface area contributed by atoms with Gasteiger partial charge in [0.15, 0.2) is 0 Å². The summed E-state index contributed by atoms with van der Waals surface area (Å²) in [6, 6.07) is 9.03. The zero-order chi connectivity index (χ0) is 13.2. The van der Waals surface area contributed by atoms with Crippen LogP contribution < -0.4 is 0 Å². The summed E-state index contributed by atoms with van der Waals surface area (Å²) in [5.74, 6) is 1.58. The van der Waals surface area contributed by atoms with Gasteiger partial charge in [0, 0.05) is 18.5 Å². The van der Waals surface area contributed by atoms with E-state index in [1.54, 1.807) is 11.1 Å². The lowest BCUT2D eigenvalue weighted by molar-refractivity contribution is 0.197. The summed E-state index contributed by atoms with van der Waals surface area (Å²) in [5.41, 5.74) is 3.18. The molecule has 2 aliphatic carbocycles. The first-order valence-corrected chi connectivity index (χ1v) is 8.06. The second-order valence-electron chi connectivity index (χ2n) is 6.44. The van der Waals surface area contributed by atoms with Crippen LogP contribution in [0, 0.1) is 5.92 Å². The minimum Gasteiger partial charge on any atom is -0.305 e. The Hall–Kier alpha value is -0.530. The van der Waals surface area contributed by atoms with Crippen molar-refractivity contribution in [3.05, 3.63) is 35.4 Å². The molecule has 0 radical (unpaired) electrons. The molecule has 3 rings (SSSR count). The van der Waals surface area contributed by atoms with Crippen LogP contribution >= 0.6 is 11.6 Å². The Bertz CT molecular complexity index is 425. The molecule has 104 valence electrons. The van der Waals surface area contributed by atoms with Crippen LogP contribution in [0.3, 0.4) is 0 Å². The molecule has 0 amide bonds. The van der Waals surface area contributed by atoms with E-state index in [2.05, 4.69) is 36.2 Å². The molecule has 0 N–H and O–H groups in total. The summed E-state index contributed by atoms with van der Waals surface area (Å²) < 4.78 is 0. The first kappa shape index (κ1) is 13.5. The van der Waals surface area contributed by atoms with Crippen molar-refractivity contribution in [2.75, 3.05) is 20.1 Å². The molecule has 0 heterocycles. The van der Waals surface area contributed by atoms with Crippen LogP contribution in [0.4, 0.5) is 0 Å². The van der Waals surface area contributed by atoms with Crippen LogP contribution in [-0.4, -0.2) is 30.4 Å². The van der Waals surface area contributed by atoms with E-state index in [0.717, 1.165) is 11.8 Å². The van der Waals surface area contributed by atoms with Gasteiger partial charge in [-0.05, 0) is 62.1 Å². The lowest BCUT2D eigenvalue weighted by Crippen LogP contribution is -2.37. The van der Waals surface area contributed by atoms with Crippen molar-refractivity contribution >= 4 is 11.6 Å². The molecule has 1 saturated carbocycles. The molecule has 1 unspecified atom stereocenters. The normalized spacial score (nSPS) is 29.9. The topological polar surface area (TPSA) is 3.24 Å². The Balaban J connectivity index is 1.58. The second-order valence-corrected chi connectivity index (χ2v) is 7.06. The summed E-state index contributed by atoms with van der Waals surface area (Å²) >= 11 is 6.07. The zero-order valence-electron chi connectivity index (χ0n) is 11.8. The lowest BCUT2D eigenvalue weighted by atomic mass is 9.81. The zero-order valence-corrected chi connectivity index (χ0v) is 12.6. The van der Waals surface area contributed by atoms with Crippen LogP contribution in [0.15, 0.2) is 24.3 Å². The number of hydrogen-bond acceptors (Lipinski definition) is 1. The summed E-state index contributed by atoms with van der Waals surface area (Å²) in [4.78, 5) is 2.53. The molecule has 1 atom stereocenters. The van der Waals surface area contributed by atoms with Crippen molar-refractivity contribution in [3.63, 3.8) is 0 Å². The molecule has 0 spiro atoms. The van der Waals surface area contributed by atoms with Gasteiger partial charge >= 0.3 is 0 Å². The number of aryl methyl sites for hydroxylation is 1. The number of alkyl halides is 1. The van der Waals surface area contributed by atoms with Gasteiger partial charge in [0.2, 0.25) is 0 Å². The fourth-order valence-corrected chi connectivity index (χ4v) is 4.24. The summed E-state index contributed by atoms with van der Waals surface area (Å²) in [7, 11) is 2.28. The predicted octanol–water partition coefficient (Wildman–Crippen LogP) is 4.06. The van der Waals surface area contributed by atoms with Crippen molar-refractivity contribution in [1.82, 2.24) is 4.90 Å². The first-order chi connectivity index (χ1) is 9.22. The second kappa shape index (κ2) is 5.85. The van der Waals surface area contributed by atoms with Crippen molar-refractivity contribution in [3.8, 4) is 0 Å². The SMILES string of the molecule is CN(CC1CC(Cl)C1)CC1CCCc2ccccc21. The Labute approximate surface area is 121 Å². The molecule has 0 bridgehead atoms. The molecule has 1 aromatic rings. The van der Waals surface area contributed by atoms with E-state index in [9.17, 15) is 0 Å². The third kappa shape index (κ3) is 3.14. The first-order valence-electron chi connectivity index (χ1n) is 7.63. The number of nitrogens with zero attached hydrogens (tertiary/aromatic N) is 1.